The Hall–Kier alpha value is -1.52. The first-order valence-electron chi connectivity index (χ1n) is 7.22. The van der Waals surface area contributed by atoms with Gasteiger partial charge in [-0.2, -0.15) is 5.10 Å². The van der Waals surface area contributed by atoms with Crippen LogP contribution in [0.25, 0.3) is 0 Å². The van der Waals surface area contributed by atoms with Crippen LogP contribution in [0.5, 0.6) is 0 Å². The average molecular weight is 307 g/mol. The summed E-state index contributed by atoms with van der Waals surface area (Å²) in [4.78, 5) is 2.09. The molecule has 0 fully saturated rings. The standard InChI is InChI=1S/C16H23ClN4/c1-5-10-18-15(16-14(17)11-19-21(16)4)12-6-8-13(9-7-12)20(2)3/h6-9,11,15,18H,5,10H2,1-4H3. The SMILES string of the molecule is CCCNC(c1ccc(N(C)C)cc1)c1c(Cl)cnn1C. The third-order valence-corrected chi connectivity index (χ3v) is 3.84. The average Bonchev–Trinajstić information content (AvgIpc) is 2.80. The van der Waals surface area contributed by atoms with Gasteiger partial charge in [0.25, 0.3) is 0 Å². The fourth-order valence-electron chi connectivity index (χ4n) is 2.37. The molecule has 1 unspecified atom stereocenters. The second-order valence-electron chi connectivity index (χ2n) is 5.37. The number of hydrogen-bond donors (Lipinski definition) is 1. The van der Waals surface area contributed by atoms with Crippen LogP contribution < -0.4 is 10.2 Å². The van der Waals surface area contributed by atoms with Crippen molar-refractivity contribution in [2.24, 2.45) is 7.05 Å². The van der Waals surface area contributed by atoms with E-state index in [0.29, 0.717) is 5.02 Å². The molecule has 5 heteroatoms. The van der Waals surface area contributed by atoms with Crippen molar-refractivity contribution in [1.82, 2.24) is 15.1 Å². The van der Waals surface area contributed by atoms with Crippen molar-refractivity contribution in [3.05, 3.63) is 46.7 Å². The Bertz CT molecular complexity index is 555. The molecule has 0 aliphatic carbocycles. The Morgan fingerprint density at radius 1 is 1.29 bits per heavy atom. The van der Waals surface area contributed by atoms with Crippen LogP contribution in [-0.2, 0) is 7.05 Å². The first-order valence-corrected chi connectivity index (χ1v) is 7.60. The maximum atomic E-state index is 6.32. The predicted octanol–water partition coefficient (Wildman–Crippen LogP) is 3.23. The van der Waals surface area contributed by atoms with Crippen LogP contribution in [0.15, 0.2) is 30.5 Å². The van der Waals surface area contributed by atoms with Crippen LogP contribution in [0.1, 0.15) is 30.6 Å². The highest BCUT2D eigenvalue weighted by atomic mass is 35.5. The smallest absolute Gasteiger partial charge is 0.0837 e. The number of aromatic nitrogens is 2. The highest BCUT2D eigenvalue weighted by molar-refractivity contribution is 6.31. The summed E-state index contributed by atoms with van der Waals surface area (Å²) in [5.41, 5.74) is 3.38. The number of rotatable bonds is 6. The second-order valence-corrected chi connectivity index (χ2v) is 5.78. The first-order chi connectivity index (χ1) is 10.0. The van der Waals surface area contributed by atoms with E-state index in [1.807, 2.05) is 25.8 Å². The van der Waals surface area contributed by atoms with Crippen molar-refractivity contribution in [3.63, 3.8) is 0 Å². The number of nitrogens with one attached hydrogen (secondary N) is 1. The maximum Gasteiger partial charge on any atom is 0.0837 e. The van der Waals surface area contributed by atoms with E-state index in [9.17, 15) is 0 Å². The minimum Gasteiger partial charge on any atom is -0.378 e. The topological polar surface area (TPSA) is 33.1 Å². The lowest BCUT2D eigenvalue weighted by Crippen LogP contribution is -2.25. The Balaban J connectivity index is 2.36. The quantitative estimate of drug-likeness (QED) is 0.889. The molecule has 21 heavy (non-hydrogen) atoms. The van der Waals surface area contributed by atoms with Gasteiger partial charge in [-0.25, -0.2) is 0 Å². The lowest BCUT2D eigenvalue weighted by atomic mass is 10.0. The van der Waals surface area contributed by atoms with Crippen molar-refractivity contribution in [2.45, 2.75) is 19.4 Å². The molecular weight excluding hydrogens is 284 g/mol. The fraction of sp³-hybridized carbons (Fsp3) is 0.438. The summed E-state index contributed by atoms with van der Waals surface area (Å²) in [6.45, 7) is 3.09. The molecule has 0 saturated carbocycles. The molecular formula is C16H23ClN4. The number of benzene rings is 1. The molecule has 1 heterocycles. The molecule has 1 N–H and O–H groups in total. The summed E-state index contributed by atoms with van der Waals surface area (Å²) >= 11 is 6.32. The summed E-state index contributed by atoms with van der Waals surface area (Å²) in [6, 6.07) is 8.60. The maximum absolute atomic E-state index is 6.32. The van der Waals surface area contributed by atoms with Gasteiger partial charge >= 0.3 is 0 Å². The summed E-state index contributed by atoms with van der Waals surface area (Å²) in [6.07, 6.45) is 2.77. The first kappa shape index (κ1) is 15.9. The molecule has 0 amide bonds. The third-order valence-electron chi connectivity index (χ3n) is 3.55. The second kappa shape index (κ2) is 6.96. The molecule has 114 valence electrons. The minimum absolute atomic E-state index is 0.0566. The van der Waals surface area contributed by atoms with E-state index in [-0.39, 0.29) is 6.04 Å². The number of aryl methyl sites for hydroxylation is 1. The van der Waals surface area contributed by atoms with Gasteiger partial charge < -0.3 is 10.2 Å². The zero-order valence-corrected chi connectivity index (χ0v) is 13.9. The zero-order valence-electron chi connectivity index (χ0n) is 13.1. The van der Waals surface area contributed by atoms with E-state index < -0.39 is 0 Å². The molecule has 2 rings (SSSR count). The molecule has 0 radical (unpaired) electrons. The predicted molar refractivity (Wildman–Crippen MR) is 89.1 cm³/mol. The summed E-state index contributed by atoms with van der Waals surface area (Å²) < 4.78 is 1.84. The molecule has 0 spiro atoms. The molecule has 1 aromatic heterocycles. The van der Waals surface area contributed by atoms with Gasteiger partial charge in [0, 0.05) is 26.8 Å². The molecule has 0 aliphatic heterocycles. The van der Waals surface area contributed by atoms with Crippen LogP contribution >= 0.6 is 11.6 Å². The summed E-state index contributed by atoms with van der Waals surface area (Å²) in [7, 11) is 6.01. The number of halogens is 1. The normalized spacial score (nSPS) is 12.4. The Labute approximate surface area is 131 Å². The molecule has 2 aromatic rings. The van der Waals surface area contributed by atoms with Crippen molar-refractivity contribution in [1.29, 1.82) is 0 Å². The molecule has 1 aromatic carbocycles. The summed E-state index contributed by atoms with van der Waals surface area (Å²) in [5.74, 6) is 0. The van der Waals surface area contributed by atoms with Gasteiger partial charge in [-0.05, 0) is 30.7 Å². The van der Waals surface area contributed by atoms with Gasteiger partial charge in [0.1, 0.15) is 0 Å². The van der Waals surface area contributed by atoms with Gasteiger partial charge in [-0.3, -0.25) is 4.68 Å². The molecule has 0 bridgehead atoms. The van der Waals surface area contributed by atoms with Gasteiger partial charge in [-0.15, -0.1) is 0 Å². The third kappa shape index (κ3) is 3.57. The van der Waals surface area contributed by atoms with Gasteiger partial charge in [0.2, 0.25) is 0 Å². The molecule has 0 saturated heterocycles. The van der Waals surface area contributed by atoms with Crippen LogP contribution in [0.2, 0.25) is 5.02 Å². The Kier molecular flexibility index (Phi) is 5.26. The van der Waals surface area contributed by atoms with Crippen molar-refractivity contribution in [2.75, 3.05) is 25.5 Å². The fourth-order valence-corrected chi connectivity index (χ4v) is 2.65. The monoisotopic (exact) mass is 306 g/mol. The molecule has 4 nitrogen and oxygen atoms in total. The van der Waals surface area contributed by atoms with E-state index in [4.69, 9.17) is 11.6 Å². The van der Waals surface area contributed by atoms with Gasteiger partial charge in [0.15, 0.2) is 0 Å². The highest BCUT2D eigenvalue weighted by Crippen LogP contribution is 2.28. The van der Waals surface area contributed by atoms with E-state index in [1.165, 1.54) is 11.3 Å². The highest BCUT2D eigenvalue weighted by Gasteiger charge is 2.20. The van der Waals surface area contributed by atoms with Gasteiger partial charge in [-0.1, -0.05) is 30.7 Å². The van der Waals surface area contributed by atoms with Crippen LogP contribution in [0, 0.1) is 0 Å². The lowest BCUT2D eigenvalue weighted by molar-refractivity contribution is 0.554. The molecule has 0 aliphatic rings. The van der Waals surface area contributed by atoms with Crippen LogP contribution in [0.4, 0.5) is 5.69 Å². The largest absolute Gasteiger partial charge is 0.378 e. The van der Waals surface area contributed by atoms with Crippen molar-refractivity contribution < 1.29 is 0 Å². The number of anilines is 1. The number of hydrogen-bond acceptors (Lipinski definition) is 3. The van der Waals surface area contributed by atoms with Crippen LogP contribution in [0.3, 0.4) is 0 Å². The van der Waals surface area contributed by atoms with Crippen molar-refractivity contribution in [3.8, 4) is 0 Å². The summed E-state index contributed by atoms with van der Waals surface area (Å²) in [5, 5.41) is 8.51. The lowest BCUT2D eigenvalue weighted by Gasteiger charge is -2.21. The number of nitrogens with zero attached hydrogens (tertiary/aromatic N) is 3. The Morgan fingerprint density at radius 3 is 2.43 bits per heavy atom. The van der Waals surface area contributed by atoms with E-state index in [0.717, 1.165) is 18.7 Å². The minimum atomic E-state index is 0.0566. The van der Waals surface area contributed by atoms with Gasteiger partial charge in [0.05, 0.1) is 23.0 Å². The van der Waals surface area contributed by atoms with Crippen molar-refractivity contribution >= 4 is 17.3 Å². The van der Waals surface area contributed by atoms with E-state index >= 15 is 0 Å². The zero-order chi connectivity index (χ0) is 15.4. The Morgan fingerprint density at radius 2 is 1.95 bits per heavy atom. The molecule has 1 atom stereocenters. The van der Waals surface area contributed by atoms with E-state index in [1.54, 1.807) is 6.20 Å². The van der Waals surface area contributed by atoms with E-state index in [2.05, 4.69) is 46.5 Å². The van der Waals surface area contributed by atoms with Crippen LogP contribution in [-0.4, -0.2) is 30.4 Å².